The van der Waals surface area contributed by atoms with Gasteiger partial charge in [-0.05, 0) is 12.5 Å². The van der Waals surface area contributed by atoms with E-state index in [1.807, 2.05) is 0 Å². The van der Waals surface area contributed by atoms with Gasteiger partial charge in [-0.25, -0.2) is 18.0 Å². The molecule has 1 saturated heterocycles. The van der Waals surface area contributed by atoms with Crippen LogP contribution in [-0.2, 0) is 0 Å². The fourth-order valence-electron chi connectivity index (χ4n) is 3.04. The zero-order valence-corrected chi connectivity index (χ0v) is 14.1. The number of fused-ring (bicyclic) bond motifs is 1. The zero-order chi connectivity index (χ0) is 18.3. The molecular weight excluding hydrogens is 375 g/mol. The lowest BCUT2D eigenvalue weighted by molar-refractivity contribution is 0.0695. The average molecular weight is 390 g/mol. The summed E-state index contributed by atoms with van der Waals surface area (Å²) in [4.78, 5) is 24.8. The van der Waals surface area contributed by atoms with Crippen LogP contribution in [0.5, 0.6) is 0 Å². The van der Waals surface area contributed by atoms with E-state index in [2.05, 4.69) is 0 Å². The molecule has 1 aliphatic rings. The van der Waals surface area contributed by atoms with Gasteiger partial charge in [0.05, 0.1) is 10.9 Å². The van der Waals surface area contributed by atoms with E-state index in [9.17, 15) is 18.4 Å². The van der Waals surface area contributed by atoms with Crippen molar-refractivity contribution in [3.63, 3.8) is 0 Å². The molecule has 0 saturated carbocycles. The van der Waals surface area contributed by atoms with E-state index in [0.29, 0.717) is 13.0 Å². The van der Waals surface area contributed by atoms with Crippen LogP contribution >= 0.6 is 12.4 Å². The summed E-state index contributed by atoms with van der Waals surface area (Å²) in [6.45, 7) is 0.562. The normalized spacial score (nSPS) is 17.1. The van der Waals surface area contributed by atoms with E-state index in [1.54, 1.807) is 0 Å². The van der Waals surface area contributed by atoms with Crippen LogP contribution in [0, 0.1) is 11.6 Å². The third-order valence-corrected chi connectivity index (χ3v) is 4.17. The van der Waals surface area contributed by atoms with Crippen LogP contribution in [-0.4, -0.2) is 34.8 Å². The van der Waals surface area contributed by atoms with Crippen molar-refractivity contribution in [2.24, 2.45) is 5.73 Å². The number of carboxylic acid groups (broad SMARTS) is 1. The predicted octanol–water partition coefficient (Wildman–Crippen LogP) is 2.33. The van der Waals surface area contributed by atoms with Gasteiger partial charge in [0, 0.05) is 31.5 Å². The molecule has 3 N–H and O–H groups in total. The molecule has 0 spiro atoms. The number of nitrogens with two attached hydrogens (primary N) is 1. The number of carboxylic acids is 1. The Bertz CT molecular complexity index is 961. The van der Waals surface area contributed by atoms with Crippen molar-refractivity contribution < 1.29 is 23.1 Å². The Morgan fingerprint density at radius 3 is 2.62 bits per heavy atom. The number of benzene rings is 1. The second kappa shape index (κ2) is 7.38. The summed E-state index contributed by atoms with van der Waals surface area (Å²) < 4.78 is 43.0. The van der Waals surface area contributed by atoms with Crippen molar-refractivity contribution >= 4 is 41.2 Å². The molecule has 1 aromatic heterocycles. The van der Waals surface area contributed by atoms with Crippen LogP contribution in [0.25, 0.3) is 17.1 Å². The third kappa shape index (κ3) is 3.15. The number of rotatable bonds is 3. The van der Waals surface area contributed by atoms with Gasteiger partial charge in [-0.15, -0.1) is 12.4 Å². The predicted molar refractivity (Wildman–Crippen MR) is 93.6 cm³/mol. The molecule has 6 nitrogen and oxygen atoms in total. The molecule has 0 bridgehead atoms. The topological polar surface area (TPSA) is 88.6 Å². The molecule has 0 amide bonds. The van der Waals surface area contributed by atoms with Gasteiger partial charge in [0.25, 0.3) is 0 Å². The first-order chi connectivity index (χ1) is 11.8. The number of hydrogen-bond acceptors (Lipinski definition) is 4. The highest BCUT2D eigenvalue weighted by atomic mass is 35.5. The maximum atomic E-state index is 15.0. The molecular formula is C16H15ClF3N3O3. The molecule has 10 heteroatoms. The van der Waals surface area contributed by atoms with Gasteiger partial charge in [-0.2, -0.15) is 0 Å². The maximum absolute atomic E-state index is 15.0. The molecule has 26 heavy (non-hydrogen) atoms. The third-order valence-electron chi connectivity index (χ3n) is 4.17. The highest BCUT2D eigenvalue weighted by molar-refractivity contribution is 5.94. The van der Waals surface area contributed by atoms with Gasteiger partial charge in [0.15, 0.2) is 5.82 Å². The number of aromatic carboxylic acids is 1. The second-order valence-electron chi connectivity index (χ2n) is 5.77. The number of hydrogen-bond donors (Lipinski definition) is 2. The van der Waals surface area contributed by atoms with E-state index < -0.39 is 39.5 Å². The van der Waals surface area contributed by atoms with Crippen LogP contribution in [0.15, 0.2) is 23.4 Å². The fraction of sp³-hybridized carbons (Fsp3) is 0.250. The Morgan fingerprint density at radius 2 is 2.08 bits per heavy atom. The molecule has 1 aliphatic heterocycles. The Balaban J connectivity index is 0.00000243. The van der Waals surface area contributed by atoms with Gasteiger partial charge in [-0.3, -0.25) is 4.79 Å². The van der Waals surface area contributed by atoms with Crippen LogP contribution in [0.1, 0.15) is 16.8 Å². The quantitative estimate of drug-likeness (QED) is 0.841. The van der Waals surface area contributed by atoms with Crippen molar-refractivity contribution in [2.75, 3.05) is 18.0 Å². The first-order valence-electron chi connectivity index (χ1n) is 7.42. The summed E-state index contributed by atoms with van der Waals surface area (Å²) >= 11 is 0. The molecule has 1 atom stereocenters. The van der Waals surface area contributed by atoms with Crippen molar-refractivity contribution in [1.82, 2.24) is 4.57 Å². The lowest BCUT2D eigenvalue weighted by atomic mass is 10.1. The van der Waals surface area contributed by atoms with E-state index in [-0.39, 0.29) is 37.0 Å². The van der Waals surface area contributed by atoms with Gasteiger partial charge < -0.3 is 20.3 Å². The minimum Gasteiger partial charge on any atom is -0.477 e. The summed E-state index contributed by atoms with van der Waals surface area (Å²) in [5.41, 5.74) is 3.22. The van der Waals surface area contributed by atoms with Crippen molar-refractivity contribution in [1.29, 1.82) is 0 Å². The van der Waals surface area contributed by atoms with E-state index in [4.69, 9.17) is 10.8 Å². The SMILES string of the molecule is Cl.NC1CCN(c2c(F)cc3c(=O)c(C(=O)O)cn(/C=C/F)c3c2F)C1. The van der Waals surface area contributed by atoms with Crippen molar-refractivity contribution in [3.8, 4) is 0 Å². The van der Waals surface area contributed by atoms with Crippen LogP contribution in [0.3, 0.4) is 0 Å². The van der Waals surface area contributed by atoms with Crippen molar-refractivity contribution in [3.05, 3.63) is 46.0 Å². The monoisotopic (exact) mass is 389 g/mol. The number of carbonyl (C=O) groups is 1. The lowest BCUT2D eigenvalue weighted by Crippen LogP contribution is -2.28. The van der Waals surface area contributed by atoms with Gasteiger partial charge in [0.2, 0.25) is 5.43 Å². The highest BCUT2D eigenvalue weighted by Crippen LogP contribution is 2.32. The smallest absolute Gasteiger partial charge is 0.341 e. The van der Waals surface area contributed by atoms with Gasteiger partial charge in [0.1, 0.15) is 23.4 Å². The first-order valence-corrected chi connectivity index (χ1v) is 7.42. The van der Waals surface area contributed by atoms with E-state index in [1.165, 1.54) is 4.90 Å². The largest absolute Gasteiger partial charge is 0.477 e. The van der Waals surface area contributed by atoms with Crippen LogP contribution < -0.4 is 16.1 Å². The molecule has 0 radical (unpaired) electrons. The number of pyridine rings is 1. The number of nitrogens with zero attached hydrogens (tertiary/aromatic N) is 2. The number of aromatic nitrogens is 1. The van der Waals surface area contributed by atoms with Gasteiger partial charge in [-0.1, -0.05) is 0 Å². The first kappa shape index (κ1) is 19.8. The number of anilines is 1. The summed E-state index contributed by atoms with van der Waals surface area (Å²) in [5, 5.41) is 8.59. The molecule has 1 aromatic carbocycles. The fourth-order valence-corrected chi connectivity index (χ4v) is 3.04. The Kier molecular flexibility index (Phi) is 5.62. The molecule has 140 valence electrons. The summed E-state index contributed by atoms with van der Waals surface area (Å²) in [6, 6.07) is 0.534. The van der Waals surface area contributed by atoms with Gasteiger partial charge >= 0.3 is 5.97 Å². The van der Waals surface area contributed by atoms with Crippen LogP contribution in [0.2, 0.25) is 0 Å². The molecule has 2 aromatic rings. The summed E-state index contributed by atoms with van der Waals surface area (Å²) in [5.74, 6) is -3.66. The summed E-state index contributed by atoms with van der Waals surface area (Å²) in [6.07, 6.45) is 2.15. The lowest BCUT2D eigenvalue weighted by Gasteiger charge is -2.21. The second-order valence-corrected chi connectivity index (χ2v) is 5.77. The average Bonchev–Trinajstić information content (AvgIpc) is 2.96. The van der Waals surface area contributed by atoms with E-state index >= 15 is 4.39 Å². The van der Waals surface area contributed by atoms with Crippen molar-refractivity contribution in [2.45, 2.75) is 12.5 Å². The minimum atomic E-state index is -1.58. The Morgan fingerprint density at radius 1 is 1.38 bits per heavy atom. The number of halogens is 4. The zero-order valence-electron chi connectivity index (χ0n) is 13.3. The molecule has 1 fully saturated rings. The maximum Gasteiger partial charge on any atom is 0.341 e. The molecule has 3 rings (SSSR count). The Hall–Kier alpha value is -2.52. The molecule has 0 aliphatic carbocycles. The molecule has 2 heterocycles. The molecule has 1 unspecified atom stereocenters. The summed E-state index contributed by atoms with van der Waals surface area (Å²) in [7, 11) is 0. The highest BCUT2D eigenvalue weighted by Gasteiger charge is 2.28. The Labute approximate surface area is 151 Å². The van der Waals surface area contributed by atoms with E-state index in [0.717, 1.165) is 23.0 Å². The standard InChI is InChI=1S/C16H14F3N3O3.ClH/c17-2-4-22-7-10(16(24)25)15(23)9-5-11(18)14(12(19)13(9)22)21-3-1-8(20)6-21;/h2,4-5,7-8H,1,3,6,20H2,(H,24,25);1H/b4-2+;. The minimum absolute atomic E-state index is 0. The van der Waals surface area contributed by atoms with Crippen LogP contribution in [0.4, 0.5) is 18.9 Å².